The highest BCUT2D eigenvalue weighted by Gasteiger charge is 2.08. The molecule has 1 heterocycles. The van der Waals surface area contributed by atoms with E-state index < -0.39 is 11.7 Å². The Hall–Kier alpha value is -2.10. The number of furan rings is 1. The van der Waals surface area contributed by atoms with Gasteiger partial charge in [-0.3, -0.25) is 9.59 Å². The molecule has 1 aromatic carbocycles. The lowest BCUT2D eigenvalue weighted by atomic mass is 10.1. The van der Waals surface area contributed by atoms with E-state index >= 15 is 0 Å². The van der Waals surface area contributed by atoms with E-state index in [-0.39, 0.29) is 0 Å². The number of carbonyl (C=O) groups excluding carboxylic acids is 2. The molecule has 1 aromatic heterocycles. The van der Waals surface area contributed by atoms with Gasteiger partial charge in [0, 0.05) is 18.9 Å². The van der Waals surface area contributed by atoms with Gasteiger partial charge in [0.15, 0.2) is 0 Å². The van der Waals surface area contributed by atoms with E-state index in [1.165, 1.54) is 6.92 Å². The summed E-state index contributed by atoms with van der Waals surface area (Å²) >= 11 is 0. The Morgan fingerprint density at radius 3 is 2.82 bits per heavy atom. The van der Waals surface area contributed by atoms with Gasteiger partial charge in [-0.05, 0) is 18.1 Å². The van der Waals surface area contributed by atoms with Gasteiger partial charge >= 0.3 is 0 Å². The number of carbonyl (C=O) groups is 2. The summed E-state index contributed by atoms with van der Waals surface area (Å²) in [5, 5.41) is 3.60. The van der Waals surface area contributed by atoms with Crippen LogP contribution in [-0.2, 0) is 16.0 Å². The van der Waals surface area contributed by atoms with Crippen molar-refractivity contribution in [1.29, 1.82) is 0 Å². The standard InChI is InChI=1S/C13H13NO3/c1-9(15)13(16)14-7-6-10-8-17-12-5-3-2-4-11(10)12/h2-5,8H,6-7H2,1H3,(H,14,16). The molecule has 0 aliphatic heterocycles. The number of fused-ring (bicyclic) bond motifs is 1. The SMILES string of the molecule is CC(=O)C(=O)NCCc1coc2ccccc12. The number of rotatable bonds is 4. The smallest absolute Gasteiger partial charge is 0.287 e. The molecule has 0 aliphatic carbocycles. The summed E-state index contributed by atoms with van der Waals surface area (Å²) in [5.41, 5.74) is 1.87. The summed E-state index contributed by atoms with van der Waals surface area (Å²) in [4.78, 5) is 21.8. The average molecular weight is 231 g/mol. The second-order valence-corrected chi connectivity index (χ2v) is 3.82. The van der Waals surface area contributed by atoms with Gasteiger partial charge < -0.3 is 9.73 Å². The number of amides is 1. The molecule has 0 atom stereocenters. The van der Waals surface area contributed by atoms with E-state index in [1.54, 1.807) is 6.26 Å². The van der Waals surface area contributed by atoms with Crippen molar-refractivity contribution in [1.82, 2.24) is 5.32 Å². The van der Waals surface area contributed by atoms with Gasteiger partial charge in [0.25, 0.3) is 5.91 Å². The summed E-state index contributed by atoms with van der Waals surface area (Å²) < 4.78 is 5.37. The Labute approximate surface area is 98.6 Å². The first-order chi connectivity index (χ1) is 8.18. The highest BCUT2D eigenvalue weighted by molar-refractivity contribution is 6.35. The maximum absolute atomic E-state index is 11.1. The first-order valence-corrected chi connectivity index (χ1v) is 5.42. The molecule has 0 bridgehead atoms. The van der Waals surface area contributed by atoms with E-state index in [1.807, 2.05) is 24.3 Å². The average Bonchev–Trinajstić information content (AvgIpc) is 2.72. The molecule has 0 spiro atoms. The number of nitrogens with one attached hydrogen (secondary N) is 1. The molecule has 1 N–H and O–H groups in total. The molecule has 17 heavy (non-hydrogen) atoms. The fourth-order valence-corrected chi connectivity index (χ4v) is 1.66. The van der Waals surface area contributed by atoms with Crippen LogP contribution in [0.1, 0.15) is 12.5 Å². The largest absolute Gasteiger partial charge is 0.464 e. The Morgan fingerprint density at radius 1 is 1.29 bits per heavy atom. The maximum atomic E-state index is 11.1. The zero-order valence-corrected chi connectivity index (χ0v) is 9.53. The topological polar surface area (TPSA) is 59.3 Å². The van der Waals surface area contributed by atoms with Gasteiger partial charge in [0.1, 0.15) is 5.58 Å². The van der Waals surface area contributed by atoms with Crippen molar-refractivity contribution in [3.63, 3.8) is 0 Å². The molecule has 88 valence electrons. The first kappa shape index (κ1) is 11.4. The van der Waals surface area contributed by atoms with Crippen LogP contribution in [-0.4, -0.2) is 18.2 Å². The molecular formula is C13H13NO3. The number of hydrogen-bond acceptors (Lipinski definition) is 3. The van der Waals surface area contributed by atoms with Gasteiger partial charge in [0.2, 0.25) is 5.78 Å². The van der Waals surface area contributed by atoms with Crippen LogP contribution in [0.5, 0.6) is 0 Å². The van der Waals surface area contributed by atoms with E-state index in [4.69, 9.17) is 4.42 Å². The van der Waals surface area contributed by atoms with Crippen molar-refractivity contribution in [3.05, 3.63) is 36.1 Å². The fraction of sp³-hybridized carbons (Fsp3) is 0.231. The molecule has 2 aromatic rings. The lowest BCUT2D eigenvalue weighted by Gasteiger charge is -2.01. The van der Waals surface area contributed by atoms with Crippen LogP contribution < -0.4 is 5.32 Å². The minimum Gasteiger partial charge on any atom is -0.464 e. The molecule has 0 radical (unpaired) electrons. The van der Waals surface area contributed by atoms with Crippen LogP contribution >= 0.6 is 0 Å². The van der Waals surface area contributed by atoms with Crippen LogP contribution in [0.4, 0.5) is 0 Å². The van der Waals surface area contributed by atoms with Crippen molar-refractivity contribution < 1.29 is 14.0 Å². The minimum absolute atomic E-state index is 0.432. The molecule has 0 fully saturated rings. The molecule has 2 rings (SSSR count). The fourth-order valence-electron chi connectivity index (χ4n) is 1.66. The number of Topliss-reactive ketones (excluding diaryl/α,β-unsaturated/α-hetero) is 1. The predicted octanol–water partition coefficient (Wildman–Crippen LogP) is 1.68. The van der Waals surface area contributed by atoms with Crippen LogP contribution in [0, 0.1) is 0 Å². The lowest BCUT2D eigenvalue weighted by Crippen LogP contribution is -2.30. The van der Waals surface area contributed by atoms with Crippen molar-refractivity contribution in [2.24, 2.45) is 0 Å². The van der Waals surface area contributed by atoms with Crippen LogP contribution in [0.15, 0.2) is 34.9 Å². The zero-order valence-electron chi connectivity index (χ0n) is 9.53. The normalized spacial score (nSPS) is 10.4. The van der Waals surface area contributed by atoms with Crippen LogP contribution in [0.3, 0.4) is 0 Å². The molecule has 0 saturated heterocycles. The molecular weight excluding hydrogens is 218 g/mol. The second-order valence-electron chi connectivity index (χ2n) is 3.82. The van der Waals surface area contributed by atoms with Crippen molar-refractivity contribution in [2.45, 2.75) is 13.3 Å². The molecule has 4 heteroatoms. The summed E-state index contributed by atoms with van der Waals surface area (Å²) in [6.07, 6.45) is 2.33. The third-order valence-corrected chi connectivity index (χ3v) is 2.56. The summed E-state index contributed by atoms with van der Waals surface area (Å²) in [6, 6.07) is 7.72. The predicted molar refractivity (Wildman–Crippen MR) is 63.6 cm³/mol. The second kappa shape index (κ2) is 4.82. The van der Waals surface area contributed by atoms with Crippen LogP contribution in [0.2, 0.25) is 0 Å². The third kappa shape index (κ3) is 2.53. The van der Waals surface area contributed by atoms with Crippen LogP contribution in [0.25, 0.3) is 11.0 Å². The Morgan fingerprint density at radius 2 is 2.06 bits per heavy atom. The van der Waals surface area contributed by atoms with Crippen molar-refractivity contribution in [2.75, 3.05) is 6.54 Å². The van der Waals surface area contributed by atoms with Gasteiger partial charge in [-0.25, -0.2) is 0 Å². The maximum Gasteiger partial charge on any atom is 0.287 e. The zero-order chi connectivity index (χ0) is 12.3. The van der Waals surface area contributed by atoms with Crippen molar-refractivity contribution >= 4 is 22.7 Å². The molecule has 4 nitrogen and oxygen atoms in total. The van der Waals surface area contributed by atoms with E-state index in [9.17, 15) is 9.59 Å². The van der Waals surface area contributed by atoms with Gasteiger partial charge in [-0.15, -0.1) is 0 Å². The number of hydrogen-bond donors (Lipinski definition) is 1. The van der Waals surface area contributed by atoms with E-state index in [0.29, 0.717) is 13.0 Å². The Balaban J connectivity index is 2.00. The lowest BCUT2D eigenvalue weighted by molar-refractivity contribution is -0.136. The number of para-hydroxylation sites is 1. The summed E-state index contributed by atoms with van der Waals surface area (Å²) in [7, 11) is 0. The Bertz CT molecular complexity index is 557. The van der Waals surface area contributed by atoms with Crippen molar-refractivity contribution in [3.8, 4) is 0 Å². The molecule has 0 aliphatic rings. The van der Waals surface area contributed by atoms with E-state index in [0.717, 1.165) is 16.5 Å². The van der Waals surface area contributed by atoms with Gasteiger partial charge in [-0.2, -0.15) is 0 Å². The quantitative estimate of drug-likeness (QED) is 0.814. The highest BCUT2D eigenvalue weighted by Crippen LogP contribution is 2.20. The molecule has 0 saturated carbocycles. The van der Waals surface area contributed by atoms with E-state index in [2.05, 4.69) is 5.32 Å². The summed E-state index contributed by atoms with van der Waals surface area (Å²) in [5.74, 6) is -1.01. The van der Waals surface area contributed by atoms with Gasteiger partial charge in [-0.1, -0.05) is 18.2 Å². The molecule has 1 amide bonds. The monoisotopic (exact) mass is 231 g/mol. The summed E-state index contributed by atoms with van der Waals surface area (Å²) in [6.45, 7) is 1.69. The highest BCUT2D eigenvalue weighted by atomic mass is 16.3. The molecule has 0 unspecified atom stereocenters. The number of ketones is 1. The minimum atomic E-state index is -0.544. The van der Waals surface area contributed by atoms with Gasteiger partial charge in [0.05, 0.1) is 6.26 Å². The Kier molecular flexibility index (Phi) is 3.23. The third-order valence-electron chi connectivity index (χ3n) is 2.56. The number of benzene rings is 1. The first-order valence-electron chi connectivity index (χ1n) is 5.42.